The van der Waals surface area contributed by atoms with Crippen LogP contribution in [0.15, 0.2) is 40.9 Å². The predicted octanol–water partition coefficient (Wildman–Crippen LogP) is 4.38. The summed E-state index contributed by atoms with van der Waals surface area (Å²) in [6.07, 6.45) is 0.385. The van der Waals surface area contributed by atoms with Crippen LogP contribution in [0.1, 0.15) is 29.3 Å². The first-order valence-corrected chi connectivity index (χ1v) is 9.37. The molecule has 0 saturated heterocycles. The molecule has 2 aromatic carbocycles. The van der Waals surface area contributed by atoms with Gasteiger partial charge in [0, 0.05) is 29.4 Å². The number of carbonyl (C=O) groups is 2. The Balaban J connectivity index is 2.20. The van der Waals surface area contributed by atoms with Gasteiger partial charge in [0.1, 0.15) is 12.4 Å². The van der Waals surface area contributed by atoms with E-state index in [0.717, 1.165) is 10.0 Å². The van der Waals surface area contributed by atoms with E-state index in [2.05, 4.69) is 26.6 Å². The zero-order valence-electron chi connectivity index (χ0n) is 15.6. The average molecular weight is 435 g/mol. The quantitative estimate of drug-likeness (QED) is 0.604. The SMILES string of the molecule is CCC(=O)Nc1cc(NC(=O)c2cc(Br)ccc2OCCOC)ccc1C. The van der Waals surface area contributed by atoms with Crippen LogP contribution in [-0.2, 0) is 9.53 Å². The summed E-state index contributed by atoms with van der Waals surface area (Å²) < 4.78 is 11.4. The van der Waals surface area contributed by atoms with E-state index in [9.17, 15) is 9.59 Å². The molecule has 0 atom stereocenters. The highest BCUT2D eigenvalue weighted by Gasteiger charge is 2.15. The van der Waals surface area contributed by atoms with Gasteiger partial charge in [0.2, 0.25) is 5.91 Å². The number of hydrogen-bond acceptors (Lipinski definition) is 4. The fraction of sp³-hybridized carbons (Fsp3) is 0.300. The van der Waals surface area contributed by atoms with E-state index < -0.39 is 0 Å². The third-order valence-electron chi connectivity index (χ3n) is 3.82. The van der Waals surface area contributed by atoms with E-state index in [1.165, 1.54) is 0 Å². The first-order valence-electron chi connectivity index (χ1n) is 8.57. The summed E-state index contributed by atoms with van der Waals surface area (Å²) >= 11 is 3.38. The van der Waals surface area contributed by atoms with Crippen molar-refractivity contribution < 1.29 is 19.1 Å². The largest absolute Gasteiger partial charge is 0.490 e. The molecule has 2 aromatic rings. The Kier molecular flexibility index (Phi) is 7.82. The van der Waals surface area contributed by atoms with Crippen molar-refractivity contribution in [2.24, 2.45) is 0 Å². The number of rotatable bonds is 8. The number of anilines is 2. The van der Waals surface area contributed by atoms with Crippen molar-refractivity contribution in [3.8, 4) is 5.75 Å². The van der Waals surface area contributed by atoms with Gasteiger partial charge < -0.3 is 20.1 Å². The summed E-state index contributed by atoms with van der Waals surface area (Å²) in [6.45, 7) is 4.45. The first-order chi connectivity index (χ1) is 12.9. The van der Waals surface area contributed by atoms with E-state index in [4.69, 9.17) is 9.47 Å². The molecule has 6 nitrogen and oxygen atoms in total. The summed E-state index contributed by atoms with van der Waals surface area (Å²) in [5, 5.41) is 5.68. The van der Waals surface area contributed by atoms with Gasteiger partial charge in [-0.15, -0.1) is 0 Å². The Morgan fingerprint density at radius 3 is 2.56 bits per heavy atom. The Hall–Kier alpha value is -2.38. The van der Waals surface area contributed by atoms with Crippen LogP contribution in [0, 0.1) is 6.92 Å². The summed E-state index contributed by atoms with van der Waals surface area (Å²) in [7, 11) is 1.59. The zero-order valence-corrected chi connectivity index (χ0v) is 17.2. The van der Waals surface area contributed by atoms with E-state index in [1.807, 2.05) is 19.1 Å². The molecule has 0 saturated carbocycles. The molecule has 0 radical (unpaired) electrons. The van der Waals surface area contributed by atoms with Crippen molar-refractivity contribution in [1.82, 2.24) is 0 Å². The molecule has 0 unspecified atom stereocenters. The Morgan fingerprint density at radius 2 is 1.85 bits per heavy atom. The number of carbonyl (C=O) groups excluding carboxylic acids is 2. The number of amides is 2. The number of benzene rings is 2. The Bertz CT molecular complexity index is 824. The van der Waals surface area contributed by atoms with Crippen molar-refractivity contribution in [3.05, 3.63) is 52.0 Å². The predicted molar refractivity (Wildman–Crippen MR) is 110 cm³/mol. The topological polar surface area (TPSA) is 76.7 Å². The minimum absolute atomic E-state index is 0.0811. The highest BCUT2D eigenvalue weighted by Crippen LogP contribution is 2.26. The molecular formula is C20H23BrN2O4. The van der Waals surface area contributed by atoms with E-state index in [-0.39, 0.29) is 11.8 Å². The van der Waals surface area contributed by atoms with Crippen LogP contribution >= 0.6 is 15.9 Å². The minimum Gasteiger partial charge on any atom is -0.490 e. The average Bonchev–Trinajstić information content (AvgIpc) is 2.65. The number of aryl methyl sites for hydroxylation is 1. The third-order valence-corrected chi connectivity index (χ3v) is 4.32. The number of methoxy groups -OCH3 is 1. The van der Waals surface area contributed by atoms with Gasteiger partial charge in [-0.3, -0.25) is 9.59 Å². The molecule has 0 heterocycles. The fourth-order valence-corrected chi connectivity index (χ4v) is 2.67. The summed E-state index contributed by atoms with van der Waals surface area (Å²) in [6, 6.07) is 10.6. The van der Waals surface area contributed by atoms with Crippen molar-refractivity contribution in [1.29, 1.82) is 0 Å². The minimum atomic E-state index is -0.305. The second-order valence-electron chi connectivity index (χ2n) is 5.87. The first kappa shape index (κ1) is 20.9. The fourth-order valence-electron chi connectivity index (χ4n) is 2.31. The van der Waals surface area contributed by atoms with Gasteiger partial charge in [0.15, 0.2) is 0 Å². The molecule has 7 heteroatoms. The molecule has 27 heavy (non-hydrogen) atoms. The van der Waals surface area contributed by atoms with E-state index in [0.29, 0.717) is 42.3 Å². The van der Waals surface area contributed by atoms with Crippen LogP contribution in [0.25, 0.3) is 0 Å². The molecule has 0 aliphatic carbocycles. The molecule has 2 amide bonds. The maximum absolute atomic E-state index is 12.8. The van der Waals surface area contributed by atoms with Crippen LogP contribution in [0.5, 0.6) is 5.75 Å². The summed E-state index contributed by atoms with van der Waals surface area (Å²) in [5.74, 6) is 0.0853. The van der Waals surface area contributed by atoms with Gasteiger partial charge in [-0.05, 0) is 42.8 Å². The lowest BCUT2D eigenvalue weighted by Crippen LogP contribution is -2.16. The number of ether oxygens (including phenoxy) is 2. The highest BCUT2D eigenvalue weighted by atomic mass is 79.9. The van der Waals surface area contributed by atoms with Crippen molar-refractivity contribution in [2.75, 3.05) is 31.0 Å². The Morgan fingerprint density at radius 1 is 1.07 bits per heavy atom. The van der Waals surface area contributed by atoms with E-state index >= 15 is 0 Å². The van der Waals surface area contributed by atoms with Crippen LogP contribution in [0.2, 0.25) is 0 Å². The standard InChI is InChI=1S/C20H23BrN2O4/c1-4-19(24)23-17-12-15(7-5-13(17)2)22-20(25)16-11-14(21)6-8-18(16)27-10-9-26-3/h5-8,11-12H,4,9-10H2,1-3H3,(H,22,25)(H,23,24). The molecule has 0 aliphatic rings. The summed E-state index contributed by atoms with van der Waals surface area (Å²) in [4.78, 5) is 24.4. The van der Waals surface area contributed by atoms with Crippen molar-refractivity contribution in [3.63, 3.8) is 0 Å². The number of nitrogens with one attached hydrogen (secondary N) is 2. The van der Waals surface area contributed by atoms with Crippen LogP contribution in [0.4, 0.5) is 11.4 Å². The highest BCUT2D eigenvalue weighted by molar-refractivity contribution is 9.10. The lowest BCUT2D eigenvalue weighted by Gasteiger charge is -2.14. The molecule has 0 bridgehead atoms. The third kappa shape index (κ3) is 6.08. The molecule has 0 aromatic heterocycles. The lowest BCUT2D eigenvalue weighted by molar-refractivity contribution is -0.115. The van der Waals surface area contributed by atoms with Crippen molar-refractivity contribution >= 4 is 39.1 Å². The second-order valence-corrected chi connectivity index (χ2v) is 6.78. The molecule has 0 spiro atoms. The molecule has 0 aliphatic heterocycles. The number of hydrogen-bond donors (Lipinski definition) is 2. The zero-order chi connectivity index (χ0) is 19.8. The second kappa shape index (κ2) is 10.1. The van der Waals surface area contributed by atoms with Gasteiger partial charge in [-0.2, -0.15) is 0 Å². The van der Waals surface area contributed by atoms with Gasteiger partial charge >= 0.3 is 0 Å². The maximum Gasteiger partial charge on any atom is 0.259 e. The number of halogens is 1. The van der Waals surface area contributed by atoms with Crippen LogP contribution in [-0.4, -0.2) is 32.1 Å². The normalized spacial score (nSPS) is 10.4. The van der Waals surface area contributed by atoms with Gasteiger partial charge in [0.25, 0.3) is 5.91 Å². The monoisotopic (exact) mass is 434 g/mol. The molecule has 144 valence electrons. The van der Waals surface area contributed by atoms with Gasteiger partial charge in [-0.25, -0.2) is 0 Å². The smallest absolute Gasteiger partial charge is 0.259 e. The maximum atomic E-state index is 12.8. The molecular weight excluding hydrogens is 412 g/mol. The Labute approximate surface area is 167 Å². The molecule has 2 rings (SSSR count). The lowest BCUT2D eigenvalue weighted by atomic mass is 10.1. The summed E-state index contributed by atoms with van der Waals surface area (Å²) in [5.41, 5.74) is 2.58. The van der Waals surface area contributed by atoms with Crippen molar-refractivity contribution in [2.45, 2.75) is 20.3 Å². The van der Waals surface area contributed by atoms with E-state index in [1.54, 1.807) is 38.3 Å². The van der Waals surface area contributed by atoms with Gasteiger partial charge in [-0.1, -0.05) is 28.9 Å². The molecule has 0 fully saturated rings. The molecule has 2 N–H and O–H groups in total. The van der Waals surface area contributed by atoms with Crippen LogP contribution < -0.4 is 15.4 Å². The van der Waals surface area contributed by atoms with Gasteiger partial charge in [0.05, 0.1) is 12.2 Å². The van der Waals surface area contributed by atoms with Crippen LogP contribution in [0.3, 0.4) is 0 Å².